The number of aryl methyl sites for hydroxylation is 1. The van der Waals surface area contributed by atoms with Crippen molar-refractivity contribution in [2.45, 2.75) is 13.8 Å². The van der Waals surface area contributed by atoms with Crippen LogP contribution >= 0.6 is 0 Å². The van der Waals surface area contributed by atoms with Crippen LogP contribution in [0.1, 0.15) is 23.1 Å². The number of benzene rings is 1. The van der Waals surface area contributed by atoms with Crippen molar-refractivity contribution < 1.29 is 9.59 Å². The smallest absolute Gasteiger partial charge is 0.285 e. The van der Waals surface area contributed by atoms with Gasteiger partial charge in [0.2, 0.25) is 5.91 Å². The molecule has 0 fully saturated rings. The molecule has 0 aliphatic rings. The molecule has 0 saturated carbocycles. The summed E-state index contributed by atoms with van der Waals surface area (Å²) in [5.41, 5.74) is 7.35. The number of aromatic nitrogens is 2. The third-order valence-electron chi connectivity index (χ3n) is 2.65. The molecule has 0 atom stereocenters. The van der Waals surface area contributed by atoms with Crippen LogP contribution in [0.4, 0.5) is 11.4 Å². The number of amides is 2. The molecule has 2 N–H and O–H groups in total. The lowest BCUT2D eigenvalue weighted by Crippen LogP contribution is -2.35. The first-order valence-corrected chi connectivity index (χ1v) is 5.98. The molecular formula is C14H14N4O2. The average molecular weight is 270 g/mol. The Morgan fingerprint density at radius 3 is 2.50 bits per heavy atom. The Kier molecular flexibility index (Phi) is 3.74. The summed E-state index contributed by atoms with van der Waals surface area (Å²) in [5, 5.41) is 0. The SMILES string of the molecule is CC(=O)N(C(=O)c1cnc(C)cn1)c1cccc(N)c1. The summed E-state index contributed by atoms with van der Waals surface area (Å²) in [6, 6.07) is 6.55. The van der Waals surface area contributed by atoms with Crippen molar-refractivity contribution in [1.82, 2.24) is 9.97 Å². The summed E-state index contributed by atoms with van der Waals surface area (Å²) in [6.45, 7) is 3.07. The zero-order valence-corrected chi connectivity index (χ0v) is 11.2. The third kappa shape index (κ3) is 2.80. The Labute approximate surface area is 116 Å². The number of nitrogen functional groups attached to an aromatic ring is 1. The van der Waals surface area contributed by atoms with Gasteiger partial charge in [-0.3, -0.25) is 14.6 Å². The van der Waals surface area contributed by atoms with E-state index in [4.69, 9.17) is 5.73 Å². The van der Waals surface area contributed by atoms with Crippen molar-refractivity contribution in [3.8, 4) is 0 Å². The van der Waals surface area contributed by atoms with Crippen LogP contribution < -0.4 is 10.6 Å². The Hall–Kier alpha value is -2.76. The standard InChI is InChI=1S/C14H14N4O2/c1-9-7-17-13(8-16-9)14(20)18(10(2)19)12-5-3-4-11(15)6-12/h3-8H,15H2,1-2H3. The van der Waals surface area contributed by atoms with E-state index in [1.54, 1.807) is 31.2 Å². The molecule has 1 aromatic heterocycles. The molecule has 0 aliphatic heterocycles. The lowest BCUT2D eigenvalue weighted by Gasteiger charge is -2.19. The van der Waals surface area contributed by atoms with Gasteiger partial charge in [0.05, 0.1) is 17.6 Å². The van der Waals surface area contributed by atoms with Gasteiger partial charge in [0.15, 0.2) is 0 Å². The number of nitrogens with zero attached hydrogens (tertiary/aromatic N) is 3. The van der Waals surface area contributed by atoms with Crippen molar-refractivity contribution in [1.29, 1.82) is 0 Å². The topological polar surface area (TPSA) is 89.2 Å². The van der Waals surface area contributed by atoms with Crippen LogP contribution in [0.3, 0.4) is 0 Å². The van der Waals surface area contributed by atoms with E-state index in [0.29, 0.717) is 17.1 Å². The molecule has 20 heavy (non-hydrogen) atoms. The zero-order valence-electron chi connectivity index (χ0n) is 11.2. The molecule has 2 aromatic rings. The van der Waals surface area contributed by atoms with Crippen LogP contribution in [0.5, 0.6) is 0 Å². The molecule has 6 heteroatoms. The highest BCUT2D eigenvalue weighted by Gasteiger charge is 2.23. The molecule has 0 saturated heterocycles. The highest BCUT2D eigenvalue weighted by Crippen LogP contribution is 2.19. The van der Waals surface area contributed by atoms with E-state index >= 15 is 0 Å². The summed E-state index contributed by atoms with van der Waals surface area (Å²) in [7, 11) is 0. The highest BCUT2D eigenvalue weighted by molar-refractivity contribution is 6.19. The molecule has 0 unspecified atom stereocenters. The first kappa shape index (κ1) is 13.7. The van der Waals surface area contributed by atoms with Gasteiger partial charge in [-0.25, -0.2) is 9.88 Å². The predicted octanol–water partition coefficient (Wildman–Crippen LogP) is 1.56. The van der Waals surface area contributed by atoms with Gasteiger partial charge in [0.25, 0.3) is 5.91 Å². The Morgan fingerprint density at radius 2 is 1.95 bits per heavy atom. The minimum Gasteiger partial charge on any atom is -0.399 e. The van der Waals surface area contributed by atoms with E-state index in [1.165, 1.54) is 19.3 Å². The quantitative estimate of drug-likeness (QED) is 0.836. The summed E-state index contributed by atoms with van der Waals surface area (Å²) in [6.07, 6.45) is 2.82. The monoisotopic (exact) mass is 270 g/mol. The van der Waals surface area contributed by atoms with Gasteiger partial charge < -0.3 is 5.73 Å². The number of anilines is 2. The Morgan fingerprint density at radius 1 is 1.20 bits per heavy atom. The third-order valence-corrected chi connectivity index (χ3v) is 2.65. The van der Waals surface area contributed by atoms with Gasteiger partial charge in [0, 0.05) is 18.8 Å². The van der Waals surface area contributed by atoms with Gasteiger partial charge in [0.1, 0.15) is 5.69 Å². The maximum atomic E-state index is 12.4. The predicted molar refractivity (Wildman–Crippen MR) is 75.1 cm³/mol. The largest absolute Gasteiger partial charge is 0.399 e. The van der Waals surface area contributed by atoms with Gasteiger partial charge in [-0.2, -0.15) is 0 Å². The van der Waals surface area contributed by atoms with Crippen LogP contribution in [0.2, 0.25) is 0 Å². The van der Waals surface area contributed by atoms with E-state index in [1.807, 2.05) is 0 Å². The molecular weight excluding hydrogens is 256 g/mol. The summed E-state index contributed by atoms with van der Waals surface area (Å²) < 4.78 is 0. The average Bonchev–Trinajstić information content (AvgIpc) is 2.39. The van der Waals surface area contributed by atoms with Crippen LogP contribution in [-0.2, 0) is 4.79 Å². The summed E-state index contributed by atoms with van der Waals surface area (Å²) >= 11 is 0. The lowest BCUT2D eigenvalue weighted by molar-refractivity contribution is -0.115. The highest BCUT2D eigenvalue weighted by atomic mass is 16.2. The molecule has 2 amide bonds. The molecule has 0 spiro atoms. The molecule has 6 nitrogen and oxygen atoms in total. The van der Waals surface area contributed by atoms with E-state index in [-0.39, 0.29) is 5.69 Å². The lowest BCUT2D eigenvalue weighted by atomic mass is 10.2. The molecule has 0 bridgehead atoms. The fourth-order valence-electron chi connectivity index (χ4n) is 1.72. The second-order valence-corrected chi connectivity index (χ2v) is 4.30. The van der Waals surface area contributed by atoms with Crippen molar-refractivity contribution in [2.75, 3.05) is 10.6 Å². The fourth-order valence-corrected chi connectivity index (χ4v) is 1.72. The minimum absolute atomic E-state index is 0.105. The second kappa shape index (κ2) is 5.48. The number of hydrogen-bond acceptors (Lipinski definition) is 5. The van der Waals surface area contributed by atoms with Crippen LogP contribution in [-0.4, -0.2) is 21.8 Å². The number of rotatable bonds is 2. The van der Waals surface area contributed by atoms with Crippen molar-refractivity contribution in [2.24, 2.45) is 0 Å². The first-order valence-electron chi connectivity index (χ1n) is 5.98. The fraction of sp³-hybridized carbons (Fsp3) is 0.143. The van der Waals surface area contributed by atoms with Crippen LogP contribution in [0.15, 0.2) is 36.7 Å². The maximum absolute atomic E-state index is 12.4. The molecule has 2 rings (SSSR count). The zero-order chi connectivity index (χ0) is 14.7. The number of carbonyl (C=O) groups is 2. The molecule has 0 radical (unpaired) electrons. The molecule has 102 valence electrons. The van der Waals surface area contributed by atoms with Crippen molar-refractivity contribution in [3.05, 3.63) is 48.0 Å². The van der Waals surface area contributed by atoms with Crippen molar-refractivity contribution >= 4 is 23.2 Å². The van der Waals surface area contributed by atoms with E-state index in [2.05, 4.69) is 9.97 Å². The normalized spacial score (nSPS) is 10.1. The number of imide groups is 1. The van der Waals surface area contributed by atoms with E-state index in [0.717, 1.165) is 4.90 Å². The first-order chi connectivity index (χ1) is 9.49. The molecule has 1 aromatic carbocycles. The van der Waals surface area contributed by atoms with Gasteiger partial charge in [-0.1, -0.05) is 6.07 Å². The minimum atomic E-state index is -0.532. The molecule has 0 aliphatic carbocycles. The van der Waals surface area contributed by atoms with Crippen LogP contribution in [0, 0.1) is 6.92 Å². The second-order valence-electron chi connectivity index (χ2n) is 4.30. The summed E-state index contributed by atoms with van der Waals surface area (Å²) in [4.78, 5) is 33.1. The Balaban J connectivity index is 2.41. The van der Waals surface area contributed by atoms with E-state index in [9.17, 15) is 9.59 Å². The maximum Gasteiger partial charge on any atom is 0.285 e. The van der Waals surface area contributed by atoms with Gasteiger partial charge >= 0.3 is 0 Å². The van der Waals surface area contributed by atoms with E-state index < -0.39 is 11.8 Å². The molecule has 1 heterocycles. The van der Waals surface area contributed by atoms with Gasteiger partial charge in [-0.05, 0) is 25.1 Å². The van der Waals surface area contributed by atoms with Gasteiger partial charge in [-0.15, -0.1) is 0 Å². The van der Waals surface area contributed by atoms with Crippen LogP contribution in [0.25, 0.3) is 0 Å². The Bertz CT molecular complexity index is 652. The summed E-state index contributed by atoms with van der Waals surface area (Å²) in [5.74, 6) is -0.946. The number of carbonyl (C=O) groups excluding carboxylic acids is 2. The van der Waals surface area contributed by atoms with Crippen molar-refractivity contribution in [3.63, 3.8) is 0 Å². The number of nitrogens with two attached hydrogens (primary N) is 1. The number of hydrogen-bond donors (Lipinski definition) is 1.